The highest BCUT2D eigenvalue weighted by Crippen LogP contribution is 2.25. The van der Waals surface area contributed by atoms with Gasteiger partial charge in [0.1, 0.15) is 5.41 Å². The van der Waals surface area contributed by atoms with E-state index in [1.54, 1.807) is 19.2 Å². The van der Waals surface area contributed by atoms with E-state index in [0.29, 0.717) is 10.8 Å². The average molecular weight is 186 g/mol. The van der Waals surface area contributed by atoms with Gasteiger partial charge in [0.25, 0.3) is 0 Å². The van der Waals surface area contributed by atoms with Crippen LogP contribution in [0, 0.1) is 0 Å². The number of hydrogen-bond donors (Lipinski definition) is 2. The lowest BCUT2D eigenvalue weighted by Gasteiger charge is -2.15. The van der Waals surface area contributed by atoms with E-state index in [2.05, 4.69) is 4.98 Å². The fraction of sp³-hybridized carbons (Fsp3) is 0.429. The van der Waals surface area contributed by atoms with Gasteiger partial charge in [-0.15, -0.1) is 11.3 Å². The fourth-order valence-electron chi connectivity index (χ4n) is 0.684. The lowest BCUT2D eigenvalue weighted by Crippen LogP contribution is -2.28. The van der Waals surface area contributed by atoms with Crippen molar-refractivity contribution < 1.29 is 9.90 Å². The molecule has 0 fully saturated rings. The third kappa shape index (κ3) is 1.40. The van der Waals surface area contributed by atoms with Crippen LogP contribution < -0.4 is 5.73 Å². The Bertz CT molecular complexity index is 306. The van der Waals surface area contributed by atoms with Crippen molar-refractivity contribution in [2.75, 3.05) is 5.73 Å². The molecule has 1 rings (SSSR count). The van der Waals surface area contributed by atoms with Crippen LogP contribution in [0.2, 0.25) is 0 Å². The Morgan fingerprint density at radius 3 is 2.67 bits per heavy atom. The summed E-state index contributed by atoms with van der Waals surface area (Å²) in [5.74, 6) is -0.896. The molecular formula is C7H10N2O2S. The number of hydrogen-bond acceptors (Lipinski definition) is 4. The molecule has 0 saturated carbocycles. The number of aromatic nitrogens is 1. The molecule has 0 aromatic carbocycles. The van der Waals surface area contributed by atoms with E-state index in [0.717, 1.165) is 0 Å². The standard InChI is InChI=1S/C7H10N2O2S/c1-7(2,5(10)11)4-3-12-6(8)9-4/h3H,1-2H3,(H2,8,9)(H,10,11). The smallest absolute Gasteiger partial charge is 0.315 e. The Kier molecular flexibility index (Phi) is 2.06. The van der Waals surface area contributed by atoms with E-state index in [-0.39, 0.29) is 0 Å². The summed E-state index contributed by atoms with van der Waals surface area (Å²) < 4.78 is 0. The molecule has 0 aliphatic heterocycles. The van der Waals surface area contributed by atoms with E-state index < -0.39 is 11.4 Å². The molecule has 0 unspecified atom stereocenters. The average Bonchev–Trinajstić information content (AvgIpc) is 2.35. The number of nitrogens with zero attached hydrogens (tertiary/aromatic N) is 1. The third-order valence-corrected chi connectivity index (χ3v) is 2.37. The number of carboxylic acids is 1. The second-order valence-corrected chi connectivity index (χ2v) is 3.89. The Balaban J connectivity index is 3.05. The van der Waals surface area contributed by atoms with Gasteiger partial charge in [-0.3, -0.25) is 4.79 Å². The van der Waals surface area contributed by atoms with Crippen molar-refractivity contribution in [3.05, 3.63) is 11.1 Å². The predicted molar refractivity (Wildman–Crippen MR) is 47.2 cm³/mol. The number of rotatable bonds is 2. The van der Waals surface area contributed by atoms with Crippen molar-refractivity contribution in [2.24, 2.45) is 0 Å². The van der Waals surface area contributed by atoms with Crippen LogP contribution in [-0.2, 0) is 10.2 Å². The zero-order valence-electron chi connectivity index (χ0n) is 6.87. The maximum Gasteiger partial charge on any atom is 0.315 e. The molecular weight excluding hydrogens is 176 g/mol. The van der Waals surface area contributed by atoms with Crippen LogP contribution in [0.15, 0.2) is 5.38 Å². The molecule has 1 heterocycles. The number of thiazole rings is 1. The second kappa shape index (κ2) is 2.75. The SMILES string of the molecule is CC(C)(C(=O)O)c1csc(N)n1. The number of aliphatic carboxylic acids is 1. The molecule has 0 saturated heterocycles. The third-order valence-electron chi connectivity index (χ3n) is 1.70. The lowest BCUT2D eigenvalue weighted by molar-refractivity contribution is -0.142. The molecule has 0 atom stereocenters. The van der Waals surface area contributed by atoms with Crippen molar-refractivity contribution >= 4 is 22.4 Å². The van der Waals surface area contributed by atoms with Crippen LogP contribution in [0.25, 0.3) is 0 Å². The molecule has 66 valence electrons. The highest BCUT2D eigenvalue weighted by Gasteiger charge is 2.31. The zero-order valence-corrected chi connectivity index (χ0v) is 7.68. The molecule has 0 aliphatic rings. The van der Waals surface area contributed by atoms with E-state index >= 15 is 0 Å². The van der Waals surface area contributed by atoms with Gasteiger partial charge in [0.15, 0.2) is 5.13 Å². The molecule has 0 bridgehead atoms. The van der Waals surface area contributed by atoms with Crippen LogP contribution in [0.5, 0.6) is 0 Å². The molecule has 3 N–H and O–H groups in total. The maximum atomic E-state index is 10.8. The Morgan fingerprint density at radius 2 is 2.33 bits per heavy atom. The van der Waals surface area contributed by atoms with Gasteiger partial charge < -0.3 is 10.8 Å². The molecule has 5 heteroatoms. The minimum Gasteiger partial charge on any atom is -0.481 e. The van der Waals surface area contributed by atoms with Gasteiger partial charge in [-0.05, 0) is 13.8 Å². The quantitative estimate of drug-likeness (QED) is 0.724. The van der Waals surface area contributed by atoms with Gasteiger partial charge >= 0.3 is 5.97 Å². The molecule has 1 aromatic rings. The summed E-state index contributed by atoms with van der Waals surface area (Å²) in [5, 5.41) is 10.9. The number of nitrogens with two attached hydrogens (primary N) is 1. The van der Waals surface area contributed by atoms with Gasteiger partial charge in [0, 0.05) is 5.38 Å². The monoisotopic (exact) mass is 186 g/mol. The van der Waals surface area contributed by atoms with E-state index in [4.69, 9.17) is 10.8 Å². The minimum absolute atomic E-state index is 0.402. The summed E-state index contributed by atoms with van der Waals surface area (Å²) >= 11 is 1.25. The van der Waals surface area contributed by atoms with Gasteiger partial charge in [0.05, 0.1) is 5.69 Å². The number of nitrogen functional groups attached to an aromatic ring is 1. The van der Waals surface area contributed by atoms with Gasteiger partial charge in [-0.25, -0.2) is 4.98 Å². The lowest BCUT2D eigenvalue weighted by atomic mass is 9.91. The summed E-state index contributed by atoms with van der Waals surface area (Å²) in [6, 6.07) is 0. The van der Waals surface area contributed by atoms with Crippen molar-refractivity contribution in [1.29, 1.82) is 0 Å². The van der Waals surface area contributed by atoms with Crippen LogP contribution in [-0.4, -0.2) is 16.1 Å². The second-order valence-electron chi connectivity index (χ2n) is 3.00. The van der Waals surface area contributed by atoms with Gasteiger partial charge in [0.2, 0.25) is 0 Å². The highest BCUT2D eigenvalue weighted by atomic mass is 32.1. The number of anilines is 1. The summed E-state index contributed by atoms with van der Waals surface area (Å²) in [6.45, 7) is 3.20. The predicted octanol–water partition coefficient (Wildman–Crippen LogP) is 1.09. The molecule has 0 radical (unpaired) electrons. The van der Waals surface area contributed by atoms with Crippen molar-refractivity contribution in [3.8, 4) is 0 Å². The minimum atomic E-state index is -0.950. The van der Waals surface area contributed by atoms with E-state index in [1.165, 1.54) is 11.3 Å². The summed E-state index contributed by atoms with van der Waals surface area (Å²) in [7, 11) is 0. The van der Waals surface area contributed by atoms with E-state index in [1.807, 2.05) is 0 Å². The maximum absolute atomic E-state index is 10.8. The first kappa shape index (κ1) is 8.99. The van der Waals surface area contributed by atoms with E-state index in [9.17, 15) is 4.79 Å². The molecule has 12 heavy (non-hydrogen) atoms. The number of carboxylic acid groups (broad SMARTS) is 1. The molecule has 4 nitrogen and oxygen atoms in total. The van der Waals surface area contributed by atoms with Crippen molar-refractivity contribution in [1.82, 2.24) is 4.98 Å². The highest BCUT2D eigenvalue weighted by molar-refractivity contribution is 7.13. The molecule has 0 aliphatic carbocycles. The largest absolute Gasteiger partial charge is 0.481 e. The summed E-state index contributed by atoms with van der Waals surface area (Å²) in [6.07, 6.45) is 0. The summed E-state index contributed by atoms with van der Waals surface area (Å²) in [4.78, 5) is 14.7. The fourth-order valence-corrected chi connectivity index (χ4v) is 1.41. The van der Waals surface area contributed by atoms with Crippen LogP contribution in [0.4, 0.5) is 5.13 Å². The normalized spacial score (nSPS) is 11.5. The van der Waals surface area contributed by atoms with Crippen LogP contribution in [0.3, 0.4) is 0 Å². The van der Waals surface area contributed by atoms with Gasteiger partial charge in [-0.2, -0.15) is 0 Å². The summed E-state index contributed by atoms with van der Waals surface area (Å²) in [5.41, 5.74) is 4.95. The van der Waals surface area contributed by atoms with Crippen molar-refractivity contribution in [2.45, 2.75) is 19.3 Å². The van der Waals surface area contributed by atoms with Crippen LogP contribution >= 0.6 is 11.3 Å². The Labute approximate surface area is 74.0 Å². The Hall–Kier alpha value is -1.10. The number of carbonyl (C=O) groups is 1. The zero-order chi connectivity index (χ0) is 9.35. The first-order chi connectivity index (χ1) is 5.44. The van der Waals surface area contributed by atoms with Gasteiger partial charge in [-0.1, -0.05) is 0 Å². The first-order valence-electron chi connectivity index (χ1n) is 3.39. The topological polar surface area (TPSA) is 76.2 Å². The Morgan fingerprint density at radius 1 is 1.75 bits per heavy atom. The van der Waals surface area contributed by atoms with Crippen LogP contribution in [0.1, 0.15) is 19.5 Å². The molecule has 0 amide bonds. The molecule has 0 spiro atoms. The first-order valence-corrected chi connectivity index (χ1v) is 4.27. The van der Waals surface area contributed by atoms with Crippen molar-refractivity contribution in [3.63, 3.8) is 0 Å². The molecule has 1 aromatic heterocycles.